The van der Waals surface area contributed by atoms with Crippen molar-refractivity contribution in [1.82, 2.24) is 5.43 Å². The van der Waals surface area contributed by atoms with Gasteiger partial charge in [-0.1, -0.05) is 72.8 Å². The lowest BCUT2D eigenvalue weighted by molar-refractivity contribution is 0.0957. The Kier molecular flexibility index (Phi) is 9.92. The first-order valence-corrected chi connectivity index (χ1v) is 14.6. The fourth-order valence-electron chi connectivity index (χ4n) is 4.53. The second kappa shape index (κ2) is 14.4. The van der Waals surface area contributed by atoms with Crippen LogP contribution in [0.2, 0.25) is 0 Å². The van der Waals surface area contributed by atoms with Crippen LogP contribution in [0.25, 0.3) is 10.8 Å². The van der Waals surface area contributed by atoms with E-state index in [0.29, 0.717) is 46.2 Å². The molecule has 0 fully saturated rings. The van der Waals surface area contributed by atoms with Crippen LogP contribution < -0.4 is 24.4 Å². The number of hydrazone groups is 1. The largest absolute Gasteiger partial charge is 0.493 e. The molecule has 0 aliphatic heterocycles. The number of hydrogen-bond acceptors (Lipinski definition) is 6. The molecule has 0 saturated carbocycles. The van der Waals surface area contributed by atoms with Crippen molar-refractivity contribution in [1.29, 1.82) is 0 Å². The molecule has 1 amide bonds. The van der Waals surface area contributed by atoms with Crippen molar-refractivity contribution >= 4 is 38.8 Å². The Bertz CT molecular complexity index is 1730. The van der Waals surface area contributed by atoms with Crippen LogP contribution in [0.15, 0.2) is 113 Å². The number of methoxy groups -OCH3 is 1. The van der Waals surface area contributed by atoms with Gasteiger partial charge in [0.05, 0.1) is 24.4 Å². The van der Waals surface area contributed by atoms with Gasteiger partial charge in [-0.25, -0.2) is 5.43 Å². The summed E-state index contributed by atoms with van der Waals surface area (Å²) >= 11 is 3.61. The average molecular weight is 640 g/mol. The molecule has 0 spiro atoms. The van der Waals surface area contributed by atoms with E-state index in [2.05, 4.69) is 26.5 Å². The van der Waals surface area contributed by atoms with Crippen LogP contribution in [0.3, 0.4) is 0 Å². The highest BCUT2D eigenvalue weighted by Crippen LogP contribution is 2.38. The van der Waals surface area contributed by atoms with E-state index in [9.17, 15) is 4.79 Å². The molecule has 0 atom stereocenters. The summed E-state index contributed by atoms with van der Waals surface area (Å²) < 4.78 is 24.3. The maximum atomic E-state index is 12.8. The standard InChI is InChI=1S/C35H31BrN2O5/c1-3-41-33-20-26(21-37-38-35(39)29-15-9-13-27-12-7-8-14-28(27)29)18-30(36)34(33)43-23-25-16-17-31(32(19-25)40-2)42-22-24-10-5-4-6-11-24/h4-21H,3,22-23H2,1-2H3,(H,38,39)/b37-21+. The number of nitrogens with zero attached hydrogens (tertiary/aromatic N) is 1. The van der Waals surface area contributed by atoms with Crippen LogP contribution in [0.4, 0.5) is 0 Å². The number of fused-ring (bicyclic) bond motifs is 1. The van der Waals surface area contributed by atoms with Crippen LogP contribution in [0.5, 0.6) is 23.0 Å². The molecule has 0 aliphatic carbocycles. The van der Waals surface area contributed by atoms with Crippen LogP contribution in [0, 0.1) is 0 Å². The normalized spacial score (nSPS) is 11.0. The van der Waals surface area contributed by atoms with E-state index in [1.54, 1.807) is 19.4 Å². The molecule has 0 aromatic heterocycles. The highest BCUT2D eigenvalue weighted by atomic mass is 79.9. The Balaban J connectivity index is 1.25. The maximum Gasteiger partial charge on any atom is 0.271 e. The van der Waals surface area contributed by atoms with Crippen molar-refractivity contribution in [3.8, 4) is 23.0 Å². The molecule has 5 rings (SSSR count). The van der Waals surface area contributed by atoms with Crippen LogP contribution >= 0.6 is 15.9 Å². The molecule has 8 heteroatoms. The van der Waals surface area contributed by atoms with E-state index in [1.807, 2.05) is 104 Å². The number of benzene rings is 5. The third kappa shape index (κ3) is 7.53. The predicted octanol–water partition coefficient (Wildman–Crippen LogP) is 7.93. The lowest BCUT2D eigenvalue weighted by Gasteiger charge is -2.16. The topological polar surface area (TPSA) is 78.4 Å². The second-order valence-electron chi connectivity index (χ2n) is 9.54. The van der Waals surface area contributed by atoms with E-state index in [0.717, 1.165) is 27.5 Å². The zero-order valence-electron chi connectivity index (χ0n) is 23.9. The monoisotopic (exact) mass is 638 g/mol. The van der Waals surface area contributed by atoms with Gasteiger partial charge in [-0.2, -0.15) is 5.10 Å². The molecular weight excluding hydrogens is 608 g/mol. The average Bonchev–Trinajstić information content (AvgIpc) is 3.04. The summed E-state index contributed by atoms with van der Waals surface area (Å²) in [6, 6.07) is 32.7. The quantitative estimate of drug-likeness (QED) is 0.111. The summed E-state index contributed by atoms with van der Waals surface area (Å²) in [5.41, 5.74) is 5.89. The number of nitrogens with one attached hydrogen (secondary N) is 1. The van der Waals surface area contributed by atoms with Gasteiger partial charge in [0, 0.05) is 5.56 Å². The van der Waals surface area contributed by atoms with E-state index in [1.165, 1.54) is 0 Å². The summed E-state index contributed by atoms with van der Waals surface area (Å²) in [4.78, 5) is 12.8. The van der Waals surface area contributed by atoms with Crippen LogP contribution in [0.1, 0.15) is 34.0 Å². The van der Waals surface area contributed by atoms with Gasteiger partial charge in [-0.05, 0) is 80.6 Å². The highest BCUT2D eigenvalue weighted by Gasteiger charge is 2.14. The lowest BCUT2D eigenvalue weighted by Crippen LogP contribution is -2.17. The van der Waals surface area contributed by atoms with Crippen molar-refractivity contribution in [2.24, 2.45) is 5.10 Å². The van der Waals surface area contributed by atoms with Gasteiger partial charge in [-0.3, -0.25) is 4.79 Å². The maximum absolute atomic E-state index is 12.8. The number of halogens is 1. The van der Waals surface area contributed by atoms with Crippen LogP contribution in [-0.4, -0.2) is 25.8 Å². The SMILES string of the molecule is CCOc1cc(/C=N/NC(=O)c2cccc3ccccc23)cc(Br)c1OCc1ccc(OCc2ccccc2)c(OC)c1. The van der Waals surface area contributed by atoms with Gasteiger partial charge in [-0.15, -0.1) is 0 Å². The number of carbonyl (C=O) groups is 1. The molecule has 7 nitrogen and oxygen atoms in total. The Morgan fingerprint density at radius 3 is 2.37 bits per heavy atom. The van der Waals surface area contributed by atoms with Gasteiger partial charge in [0.25, 0.3) is 5.91 Å². The van der Waals surface area contributed by atoms with Gasteiger partial charge in [0.15, 0.2) is 23.0 Å². The first-order chi connectivity index (χ1) is 21.1. The molecule has 0 saturated heterocycles. The minimum atomic E-state index is -0.288. The van der Waals surface area contributed by atoms with E-state index >= 15 is 0 Å². The van der Waals surface area contributed by atoms with Crippen molar-refractivity contribution in [2.75, 3.05) is 13.7 Å². The molecular formula is C35H31BrN2O5. The third-order valence-electron chi connectivity index (χ3n) is 6.59. The number of hydrogen-bond donors (Lipinski definition) is 1. The smallest absolute Gasteiger partial charge is 0.271 e. The first kappa shape index (κ1) is 29.7. The first-order valence-electron chi connectivity index (χ1n) is 13.8. The fourth-order valence-corrected chi connectivity index (χ4v) is 5.10. The Morgan fingerprint density at radius 2 is 1.56 bits per heavy atom. The summed E-state index contributed by atoms with van der Waals surface area (Å²) in [7, 11) is 1.61. The Hall–Kier alpha value is -4.82. The fraction of sp³-hybridized carbons (Fsp3) is 0.143. The summed E-state index contributed by atoms with van der Waals surface area (Å²) in [6.07, 6.45) is 1.57. The summed E-state index contributed by atoms with van der Waals surface area (Å²) in [5, 5.41) is 6.04. The van der Waals surface area contributed by atoms with E-state index in [4.69, 9.17) is 18.9 Å². The second-order valence-corrected chi connectivity index (χ2v) is 10.4. The van der Waals surface area contributed by atoms with Gasteiger partial charge in [0.1, 0.15) is 13.2 Å². The molecule has 218 valence electrons. The van der Waals surface area contributed by atoms with Crippen molar-refractivity contribution in [2.45, 2.75) is 20.1 Å². The molecule has 5 aromatic carbocycles. The molecule has 1 N–H and O–H groups in total. The van der Waals surface area contributed by atoms with E-state index < -0.39 is 0 Å². The highest BCUT2D eigenvalue weighted by molar-refractivity contribution is 9.10. The molecule has 0 heterocycles. The van der Waals surface area contributed by atoms with Gasteiger partial charge in [0.2, 0.25) is 0 Å². The lowest BCUT2D eigenvalue weighted by atomic mass is 10.0. The minimum Gasteiger partial charge on any atom is -0.493 e. The molecule has 5 aromatic rings. The molecule has 0 unspecified atom stereocenters. The van der Waals surface area contributed by atoms with Gasteiger partial charge < -0.3 is 18.9 Å². The number of carbonyl (C=O) groups excluding carboxylic acids is 1. The van der Waals surface area contributed by atoms with Crippen molar-refractivity contribution < 1.29 is 23.7 Å². The predicted molar refractivity (Wildman–Crippen MR) is 172 cm³/mol. The third-order valence-corrected chi connectivity index (χ3v) is 7.18. The van der Waals surface area contributed by atoms with Crippen molar-refractivity contribution in [3.63, 3.8) is 0 Å². The zero-order valence-corrected chi connectivity index (χ0v) is 25.5. The summed E-state index contributed by atoms with van der Waals surface area (Å²) in [5.74, 6) is 2.10. The Labute approximate surface area is 259 Å². The molecule has 43 heavy (non-hydrogen) atoms. The molecule has 0 aliphatic rings. The van der Waals surface area contributed by atoms with Crippen molar-refractivity contribution in [3.05, 3.63) is 130 Å². The molecule has 0 radical (unpaired) electrons. The number of ether oxygens (including phenoxy) is 4. The zero-order chi connectivity index (χ0) is 30.0. The Morgan fingerprint density at radius 1 is 0.791 bits per heavy atom. The van der Waals surface area contributed by atoms with E-state index in [-0.39, 0.29) is 12.5 Å². The number of rotatable bonds is 12. The molecule has 0 bridgehead atoms. The number of amides is 1. The summed E-state index contributed by atoms with van der Waals surface area (Å²) in [6.45, 7) is 3.08. The van der Waals surface area contributed by atoms with Gasteiger partial charge >= 0.3 is 0 Å². The van der Waals surface area contributed by atoms with Crippen LogP contribution in [-0.2, 0) is 13.2 Å². The minimum absolute atomic E-state index is 0.280.